The molecular weight excluding hydrogens is 280 g/mol. The fraction of sp³-hybridized carbons (Fsp3) is 0.714. The van der Waals surface area contributed by atoms with E-state index in [2.05, 4.69) is 16.9 Å². The van der Waals surface area contributed by atoms with Crippen molar-refractivity contribution < 1.29 is 14.2 Å². The fourth-order valence-electron chi connectivity index (χ4n) is 1.56. The lowest BCUT2D eigenvalue weighted by Crippen LogP contribution is -2.09. The van der Waals surface area contributed by atoms with Gasteiger partial charge in [-0.25, -0.2) is 4.98 Å². The third-order valence-electron chi connectivity index (χ3n) is 2.67. The largest absolute Gasteiger partial charge is 0.477 e. The Kier molecular flexibility index (Phi) is 8.49. The Labute approximate surface area is 125 Å². The van der Waals surface area contributed by atoms with Crippen molar-refractivity contribution in [1.82, 2.24) is 9.97 Å². The van der Waals surface area contributed by atoms with E-state index in [9.17, 15) is 0 Å². The smallest absolute Gasteiger partial charge is 0.221 e. The van der Waals surface area contributed by atoms with Gasteiger partial charge in [0, 0.05) is 32.1 Å². The average molecular weight is 303 g/mol. The lowest BCUT2D eigenvalue weighted by Gasteiger charge is -2.10. The second-order valence-corrected chi connectivity index (χ2v) is 4.78. The number of rotatable bonds is 10. The van der Waals surface area contributed by atoms with Gasteiger partial charge in [0.05, 0.1) is 19.8 Å². The summed E-state index contributed by atoms with van der Waals surface area (Å²) < 4.78 is 15.9. The highest BCUT2D eigenvalue weighted by molar-refractivity contribution is 6.30. The first-order valence-corrected chi connectivity index (χ1v) is 7.29. The standard InChI is InChI=1S/C14H23ClN2O3/c1-4-6-12-16-13(15)11(2)14(17-12)20-8-5-7-19-10-9-18-3/h4-10H2,1-3H3. The van der Waals surface area contributed by atoms with Crippen LogP contribution in [0, 0.1) is 6.92 Å². The van der Waals surface area contributed by atoms with Crippen molar-refractivity contribution in [1.29, 1.82) is 0 Å². The molecule has 1 heterocycles. The molecule has 6 heteroatoms. The van der Waals surface area contributed by atoms with Gasteiger partial charge in [-0.15, -0.1) is 0 Å². The molecule has 0 radical (unpaired) electrons. The van der Waals surface area contributed by atoms with Crippen LogP contribution in [0.2, 0.25) is 5.15 Å². The summed E-state index contributed by atoms with van der Waals surface area (Å²) in [5, 5.41) is 0.467. The maximum atomic E-state index is 6.08. The van der Waals surface area contributed by atoms with Crippen molar-refractivity contribution in [2.45, 2.75) is 33.1 Å². The van der Waals surface area contributed by atoms with Crippen LogP contribution in [0.15, 0.2) is 0 Å². The fourth-order valence-corrected chi connectivity index (χ4v) is 1.74. The molecule has 0 saturated carbocycles. The number of hydrogen-bond donors (Lipinski definition) is 0. The number of aryl methyl sites for hydroxylation is 1. The number of ether oxygens (including phenoxy) is 3. The summed E-state index contributed by atoms with van der Waals surface area (Å²) in [5.41, 5.74) is 0.784. The maximum absolute atomic E-state index is 6.08. The van der Waals surface area contributed by atoms with Crippen molar-refractivity contribution >= 4 is 11.6 Å². The number of aromatic nitrogens is 2. The van der Waals surface area contributed by atoms with Crippen LogP contribution >= 0.6 is 11.6 Å². The summed E-state index contributed by atoms with van der Waals surface area (Å²) in [6.45, 7) is 6.35. The van der Waals surface area contributed by atoms with E-state index >= 15 is 0 Å². The van der Waals surface area contributed by atoms with Crippen LogP contribution in [-0.2, 0) is 15.9 Å². The van der Waals surface area contributed by atoms with E-state index in [-0.39, 0.29) is 0 Å². The number of methoxy groups -OCH3 is 1. The summed E-state index contributed by atoms with van der Waals surface area (Å²) in [5.74, 6) is 1.31. The Morgan fingerprint density at radius 2 is 1.90 bits per heavy atom. The Bertz CT molecular complexity index is 402. The molecule has 0 aliphatic heterocycles. The molecule has 0 aliphatic carbocycles. The van der Waals surface area contributed by atoms with E-state index in [0.717, 1.165) is 30.7 Å². The van der Waals surface area contributed by atoms with Gasteiger partial charge < -0.3 is 14.2 Å². The molecule has 5 nitrogen and oxygen atoms in total. The van der Waals surface area contributed by atoms with Gasteiger partial charge in [-0.05, 0) is 13.3 Å². The molecule has 0 spiro atoms. The zero-order chi connectivity index (χ0) is 14.8. The van der Waals surface area contributed by atoms with Gasteiger partial charge in [0.2, 0.25) is 5.88 Å². The molecule has 0 unspecified atom stereocenters. The second kappa shape index (κ2) is 9.91. The quantitative estimate of drug-likeness (QED) is 0.491. The molecule has 0 atom stereocenters. The highest BCUT2D eigenvalue weighted by atomic mass is 35.5. The van der Waals surface area contributed by atoms with Crippen LogP contribution in [0.25, 0.3) is 0 Å². The van der Waals surface area contributed by atoms with Crippen molar-refractivity contribution in [3.63, 3.8) is 0 Å². The maximum Gasteiger partial charge on any atom is 0.221 e. The lowest BCUT2D eigenvalue weighted by molar-refractivity contribution is 0.0641. The molecule has 114 valence electrons. The van der Waals surface area contributed by atoms with Crippen LogP contribution < -0.4 is 4.74 Å². The third kappa shape index (κ3) is 6.03. The Balaban J connectivity index is 2.38. The molecule has 20 heavy (non-hydrogen) atoms. The molecule has 1 aromatic heterocycles. The molecule has 0 saturated heterocycles. The Morgan fingerprint density at radius 3 is 2.60 bits per heavy atom. The zero-order valence-corrected chi connectivity index (χ0v) is 13.2. The normalized spacial score (nSPS) is 10.8. The van der Waals surface area contributed by atoms with Gasteiger partial charge in [0.25, 0.3) is 0 Å². The summed E-state index contributed by atoms with van der Waals surface area (Å²) in [7, 11) is 1.65. The van der Waals surface area contributed by atoms with Crippen LogP contribution in [0.3, 0.4) is 0 Å². The van der Waals surface area contributed by atoms with E-state index in [0.29, 0.717) is 37.5 Å². The molecular formula is C14H23ClN2O3. The molecule has 1 rings (SSSR count). The first kappa shape index (κ1) is 17.1. The lowest BCUT2D eigenvalue weighted by atomic mass is 10.3. The summed E-state index contributed by atoms with van der Waals surface area (Å²) in [4.78, 5) is 8.63. The molecule has 1 aromatic rings. The van der Waals surface area contributed by atoms with Crippen molar-refractivity contribution in [2.75, 3.05) is 33.5 Å². The summed E-state index contributed by atoms with van der Waals surface area (Å²) in [6.07, 6.45) is 2.58. The van der Waals surface area contributed by atoms with E-state index in [1.165, 1.54) is 0 Å². The van der Waals surface area contributed by atoms with E-state index in [4.69, 9.17) is 25.8 Å². The monoisotopic (exact) mass is 302 g/mol. The minimum absolute atomic E-state index is 0.467. The van der Waals surface area contributed by atoms with Crippen LogP contribution in [0.5, 0.6) is 5.88 Å². The highest BCUT2D eigenvalue weighted by Crippen LogP contribution is 2.22. The van der Waals surface area contributed by atoms with Crippen LogP contribution in [-0.4, -0.2) is 43.5 Å². The van der Waals surface area contributed by atoms with Gasteiger partial charge in [0.1, 0.15) is 11.0 Å². The van der Waals surface area contributed by atoms with Crippen molar-refractivity contribution in [3.05, 3.63) is 16.5 Å². The second-order valence-electron chi connectivity index (χ2n) is 4.42. The zero-order valence-electron chi connectivity index (χ0n) is 12.4. The molecule has 0 N–H and O–H groups in total. The summed E-state index contributed by atoms with van der Waals surface area (Å²) in [6, 6.07) is 0. The number of hydrogen-bond acceptors (Lipinski definition) is 5. The highest BCUT2D eigenvalue weighted by Gasteiger charge is 2.10. The molecule has 0 aliphatic rings. The predicted octanol–water partition coefficient (Wildman–Crippen LogP) is 2.82. The van der Waals surface area contributed by atoms with Gasteiger partial charge >= 0.3 is 0 Å². The van der Waals surface area contributed by atoms with E-state index < -0.39 is 0 Å². The molecule has 0 amide bonds. The Hall–Kier alpha value is -0.910. The minimum Gasteiger partial charge on any atom is -0.477 e. The van der Waals surface area contributed by atoms with Gasteiger partial charge in [-0.3, -0.25) is 0 Å². The van der Waals surface area contributed by atoms with Gasteiger partial charge in [0.15, 0.2) is 0 Å². The minimum atomic E-state index is 0.467. The van der Waals surface area contributed by atoms with Crippen LogP contribution in [0.4, 0.5) is 0 Å². The van der Waals surface area contributed by atoms with Crippen LogP contribution in [0.1, 0.15) is 31.2 Å². The number of halogens is 1. The first-order chi connectivity index (χ1) is 9.69. The van der Waals surface area contributed by atoms with Crippen molar-refractivity contribution in [3.8, 4) is 5.88 Å². The van der Waals surface area contributed by atoms with E-state index in [1.54, 1.807) is 7.11 Å². The molecule has 0 aromatic carbocycles. The molecule has 0 bridgehead atoms. The SMILES string of the molecule is CCCc1nc(Cl)c(C)c(OCCCOCCOC)n1. The van der Waals surface area contributed by atoms with E-state index in [1.807, 2.05) is 6.92 Å². The van der Waals surface area contributed by atoms with Crippen molar-refractivity contribution in [2.24, 2.45) is 0 Å². The first-order valence-electron chi connectivity index (χ1n) is 6.91. The topological polar surface area (TPSA) is 53.5 Å². The predicted molar refractivity (Wildman–Crippen MR) is 78.6 cm³/mol. The summed E-state index contributed by atoms with van der Waals surface area (Å²) >= 11 is 6.08. The molecule has 0 fully saturated rings. The van der Waals surface area contributed by atoms with Gasteiger partial charge in [-0.1, -0.05) is 18.5 Å². The Morgan fingerprint density at radius 1 is 1.10 bits per heavy atom. The number of nitrogens with zero attached hydrogens (tertiary/aromatic N) is 2. The third-order valence-corrected chi connectivity index (χ3v) is 3.03. The average Bonchev–Trinajstić information content (AvgIpc) is 2.43. The van der Waals surface area contributed by atoms with Gasteiger partial charge in [-0.2, -0.15) is 4.98 Å².